The van der Waals surface area contributed by atoms with E-state index in [0.717, 1.165) is 16.5 Å². The Morgan fingerprint density at radius 3 is 2.95 bits per heavy atom. The van der Waals surface area contributed by atoms with E-state index >= 15 is 0 Å². The normalized spacial score (nSPS) is 12.4. The van der Waals surface area contributed by atoms with E-state index in [2.05, 4.69) is 4.98 Å². The second-order valence-corrected chi connectivity index (χ2v) is 5.43. The van der Waals surface area contributed by atoms with E-state index in [1.165, 1.54) is 11.3 Å². The van der Waals surface area contributed by atoms with Gasteiger partial charge in [-0.3, -0.25) is 0 Å². The van der Waals surface area contributed by atoms with Crippen molar-refractivity contribution in [1.29, 1.82) is 0 Å². The molecule has 5 heteroatoms. The van der Waals surface area contributed by atoms with Crippen molar-refractivity contribution in [1.82, 2.24) is 4.98 Å². The molecule has 0 fully saturated rings. The molecule has 3 N–H and O–H groups in total. The number of para-hydroxylation sites is 1. The zero-order valence-corrected chi connectivity index (χ0v) is 11.5. The first kappa shape index (κ1) is 12.9. The number of nitrogens with two attached hydrogens (primary N) is 1. The van der Waals surface area contributed by atoms with Crippen molar-refractivity contribution < 1.29 is 9.53 Å². The van der Waals surface area contributed by atoms with Crippen molar-refractivity contribution >= 4 is 28.2 Å². The molecular formula is C15H14N2O2S. The highest BCUT2D eigenvalue weighted by molar-refractivity contribution is 7.11. The molecule has 0 saturated carbocycles. The maximum Gasteiger partial charge on any atom is 0.329 e. The van der Waals surface area contributed by atoms with Crippen LogP contribution in [0.25, 0.3) is 10.9 Å². The Bertz CT molecular complexity index is 718. The minimum atomic E-state index is -0.670. The lowest BCUT2D eigenvalue weighted by molar-refractivity contribution is -0.135. The van der Waals surface area contributed by atoms with Gasteiger partial charge in [-0.15, -0.1) is 11.3 Å². The molecule has 1 atom stereocenters. The van der Waals surface area contributed by atoms with Crippen molar-refractivity contribution in [3.63, 3.8) is 0 Å². The van der Waals surface area contributed by atoms with Crippen LogP contribution in [0.4, 0.5) is 0 Å². The lowest BCUT2D eigenvalue weighted by Gasteiger charge is -2.09. The van der Waals surface area contributed by atoms with Gasteiger partial charge in [0.05, 0.1) is 0 Å². The average Bonchev–Trinajstić information content (AvgIpc) is 3.09. The van der Waals surface area contributed by atoms with Crippen LogP contribution in [0.15, 0.2) is 48.0 Å². The number of aromatic nitrogens is 1. The minimum Gasteiger partial charge on any atom is -0.414 e. The standard InChI is InChI=1S/C15H14N2O2S/c16-12(15(18)19-14-6-3-7-20-14)8-10-9-17-13-5-2-1-4-11(10)13/h1-7,9,12,17H,8,16H2/t12-/m0/s1. The molecule has 0 unspecified atom stereocenters. The molecular weight excluding hydrogens is 272 g/mol. The third-order valence-electron chi connectivity index (χ3n) is 3.11. The topological polar surface area (TPSA) is 68.1 Å². The second-order valence-electron chi connectivity index (χ2n) is 4.52. The van der Waals surface area contributed by atoms with Gasteiger partial charge in [0.25, 0.3) is 0 Å². The van der Waals surface area contributed by atoms with E-state index in [1.54, 1.807) is 6.07 Å². The molecule has 3 rings (SSSR count). The van der Waals surface area contributed by atoms with Gasteiger partial charge in [0.2, 0.25) is 0 Å². The Morgan fingerprint density at radius 2 is 2.15 bits per heavy atom. The third kappa shape index (κ3) is 2.59. The fourth-order valence-electron chi connectivity index (χ4n) is 2.12. The number of esters is 1. The van der Waals surface area contributed by atoms with Crippen molar-refractivity contribution in [3.05, 3.63) is 53.5 Å². The summed E-state index contributed by atoms with van der Waals surface area (Å²) in [7, 11) is 0. The van der Waals surface area contributed by atoms with Crippen molar-refractivity contribution in [2.24, 2.45) is 5.73 Å². The number of rotatable bonds is 4. The molecule has 0 aliphatic heterocycles. The Balaban J connectivity index is 1.72. The van der Waals surface area contributed by atoms with Crippen LogP contribution in [0.5, 0.6) is 5.06 Å². The molecule has 0 bridgehead atoms. The highest BCUT2D eigenvalue weighted by Crippen LogP contribution is 2.21. The van der Waals surface area contributed by atoms with Gasteiger partial charge in [0.1, 0.15) is 6.04 Å². The van der Waals surface area contributed by atoms with Gasteiger partial charge in [-0.1, -0.05) is 18.2 Å². The number of hydrogen-bond donors (Lipinski definition) is 2. The highest BCUT2D eigenvalue weighted by atomic mass is 32.1. The van der Waals surface area contributed by atoms with Crippen LogP contribution in [0.2, 0.25) is 0 Å². The fourth-order valence-corrected chi connectivity index (χ4v) is 2.70. The van der Waals surface area contributed by atoms with Crippen LogP contribution in [0.1, 0.15) is 5.56 Å². The molecule has 102 valence electrons. The SMILES string of the molecule is N[C@@H](Cc1c[nH]c2ccccc12)C(=O)Oc1cccs1. The van der Waals surface area contributed by atoms with Gasteiger partial charge < -0.3 is 15.5 Å². The lowest BCUT2D eigenvalue weighted by Crippen LogP contribution is -2.36. The molecule has 4 nitrogen and oxygen atoms in total. The van der Waals surface area contributed by atoms with E-state index in [1.807, 2.05) is 41.9 Å². The molecule has 0 saturated heterocycles. The predicted molar refractivity (Wildman–Crippen MR) is 79.9 cm³/mol. The lowest BCUT2D eigenvalue weighted by atomic mass is 10.1. The summed E-state index contributed by atoms with van der Waals surface area (Å²) >= 11 is 1.37. The summed E-state index contributed by atoms with van der Waals surface area (Å²) in [6, 6.07) is 10.9. The first-order valence-corrected chi connectivity index (χ1v) is 7.18. The summed E-state index contributed by atoms with van der Waals surface area (Å²) in [5, 5.41) is 3.52. The van der Waals surface area contributed by atoms with Crippen LogP contribution in [0, 0.1) is 0 Å². The number of aromatic amines is 1. The molecule has 2 heterocycles. The van der Waals surface area contributed by atoms with Crippen molar-refractivity contribution in [2.45, 2.75) is 12.5 Å². The van der Waals surface area contributed by atoms with Crippen molar-refractivity contribution in [2.75, 3.05) is 0 Å². The number of benzene rings is 1. The smallest absolute Gasteiger partial charge is 0.329 e. The Labute approximate surface area is 120 Å². The third-order valence-corrected chi connectivity index (χ3v) is 3.86. The number of carbonyl (C=O) groups is 1. The van der Waals surface area contributed by atoms with E-state index < -0.39 is 12.0 Å². The van der Waals surface area contributed by atoms with Crippen LogP contribution in [0.3, 0.4) is 0 Å². The fraction of sp³-hybridized carbons (Fsp3) is 0.133. The van der Waals surface area contributed by atoms with Gasteiger partial charge in [-0.2, -0.15) is 0 Å². The van der Waals surface area contributed by atoms with E-state index in [9.17, 15) is 4.79 Å². The number of carbonyl (C=O) groups excluding carboxylic acids is 1. The first-order valence-electron chi connectivity index (χ1n) is 6.30. The molecule has 2 aromatic heterocycles. The van der Waals surface area contributed by atoms with E-state index in [4.69, 9.17) is 10.5 Å². The summed E-state index contributed by atoms with van der Waals surface area (Å²) in [5.41, 5.74) is 8.00. The number of ether oxygens (including phenoxy) is 1. The Kier molecular flexibility index (Phi) is 3.54. The molecule has 20 heavy (non-hydrogen) atoms. The summed E-state index contributed by atoms with van der Waals surface area (Å²) in [5.74, 6) is -0.405. The van der Waals surface area contributed by atoms with E-state index in [0.29, 0.717) is 11.5 Å². The number of thiophene rings is 1. The largest absolute Gasteiger partial charge is 0.414 e. The van der Waals surface area contributed by atoms with Crippen LogP contribution >= 0.6 is 11.3 Å². The number of hydrogen-bond acceptors (Lipinski definition) is 4. The predicted octanol–water partition coefficient (Wildman–Crippen LogP) is 2.70. The van der Waals surface area contributed by atoms with Crippen LogP contribution < -0.4 is 10.5 Å². The zero-order valence-electron chi connectivity index (χ0n) is 10.7. The zero-order chi connectivity index (χ0) is 13.9. The Morgan fingerprint density at radius 1 is 1.30 bits per heavy atom. The minimum absolute atomic E-state index is 0.405. The molecule has 3 aromatic rings. The quantitative estimate of drug-likeness (QED) is 0.725. The average molecular weight is 286 g/mol. The van der Waals surface area contributed by atoms with E-state index in [-0.39, 0.29) is 0 Å². The number of H-pyrrole nitrogens is 1. The molecule has 0 aliphatic carbocycles. The maximum atomic E-state index is 11.9. The highest BCUT2D eigenvalue weighted by Gasteiger charge is 2.18. The Hall–Kier alpha value is -2.11. The maximum absolute atomic E-state index is 11.9. The first-order chi connectivity index (χ1) is 9.74. The molecule has 1 aromatic carbocycles. The molecule has 0 radical (unpaired) electrons. The second kappa shape index (κ2) is 5.48. The van der Waals surface area contributed by atoms with Gasteiger partial charge in [-0.05, 0) is 29.1 Å². The summed E-state index contributed by atoms with van der Waals surface area (Å²) in [6.45, 7) is 0. The van der Waals surface area contributed by atoms with Gasteiger partial charge in [0.15, 0.2) is 5.06 Å². The molecule has 0 spiro atoms. The van der Waals surface area contributed by atoms with Crippen LogP contribution in [-0.2, 0) is 11.2 Å². The number of fused-ring (bicyclic) bond motifs is 1. The number of nitrogens with one attached hydrogen (secondary N) is 1. The van der Waals surface area contributed by atoms with Gasteiger partial charge in [-0.25, -0.2) is 4.79 Å². The monoisotopic (exact) mass is 286 g/mol. The molecule has 0 aliphatic rings. The summed E-state index contributed by atoms with van der Waals surface area (Å²) < 4.78 is 5.22. The summed E-state index contributed by atoms with van der Waals surface area (Å²) in [4.78, 5) is 15.1. The molecule has 0 amide bonds. The van der Waals surface area contributed by atoms with Gasteiger partial charge >= 0.3 is 5.97 Å². The van der Waals surface area contributed by atoms with Crippen molar-refractivity contribution in [3.8, 4) is 5.06 Å². The van der Waals surface area contributed by atoms with Crippen LogP contribution in [-0.4, -0.2) is 17.0 Å². The summed E-state index contributed by atoms with van der Waals surface area (Å²) in [6.07, 6.45) is 2.34. The van der Waals surface area contributed by atoms with Gasteiger partial charge in [0, 0.05) is 23.5 Å².